The normalized spacial score (nSPS) is 11.5. The van der Waals surface area contributed by atoms with Crippen molar-refractivity contribution in [1.29, 1.82) is 0 Å². The quantitative estimate of drug-likeness (QED) is 0.545. The molecule has 0 radical (unpaired) electrons. The molecular formula is C22H18N2O3S. The Bertz CT molecular complexity index is 1310. The second-order valence-corrected chi connectivity index (χ2v) is 8.22. The first-order valence-corrected chi connectivity index (χ1v) is 10.2. The first-order valence-electron chi connectivity index (χ1n) is 8.76. The highest BCUT2D eigenvalue weighted by molar-refractivity contribution is 7.92. The lowest BCUT2D eigenvalue weighted by Gasteiger charge is -2.15. The molecule has 0 aliphatic carbocycles. The number of hydrogen-bond acceptors (Lipinski definition) is 3. The minimum Gasteiger partial charge on any atom is -0.320 e. The Morgan fingerprint density at radius 1 is 0.857 bits per heavy atom. The molecule has 1 aromatic heterocycles. The number of sulfonamides is 1. The lowest BCUT2D eigenvalue weighted by atomic mass is 9.99. The zero-order chi connectivity index (χ0) is 19.7. The van der Waals surface area contributed by atoms with Crippen molar-refractivity contribution < 1.29 is 8.42 Å². The third kappa shape index (κ3) is 3.30. The van der Waals surface area contributed by atoms with E-state index in [1.165, 1.54) is 12.1 Å². The summed E-state index contributed by atoms with van der Waals surface area (Å²) in [6.45, 7) is 1.94. The standard InChI is InChI=1S/C22H18N2O3S/c1-15-12-13-18-19(14-15)23-22(25)21(20(18)16-8-4-2-5-9-16)24-28(26,27)17-10-6-3-7-11-17/h2-14,24H,1H3,(H,23,25). The molecule has 0 unspecified atom stereocenters. The summed E-state index contributed by atoms with van der Waals surface area (Å²) in [7, 11) is -3.91. The van der Waals surface area contributed by atoms with Crippen molar-refractivity contribution in [2.75, 3.05) is 4.72 Å². The number of pyridine rings is 1. The van der Waals surface area contributed by atoms with E-state index in [9.17, 15) is 13.2 Å². The van der Waals surface area contributed by atoms with Crippen LogP contribution in [0.25, 0.3) is 22.0 Å². The molecule has 1 heterocycles. The van der Waals surface area contributed by atoms with Crippen LogP contribution in [0.1, 0.15) is 5.56 Å². The van der Waals surface area contributed by atoms with E-state index in [0.29, 0.717) is 11.1 Å². The Kier molecular flexibility index (Phi) is 4.49. The monoisotopic (exact) mass is 390 g/mol. The number of rotatable bonds is 4. The molecule has 0 bridgehead atoms. The van der Waals surface area contributed by atoms with E-state index >= 15 is 0 Å². The fourth-order valence-corrected chi connectivity index (χ4v) is 4.30. The molecule has 28 heavy (non-hydrogen) atoms. The molecule has 0 saturated carbocycles. The Balaban J connectivity index is 1.99. The predicted octanol–water partition coefficient (Wildman–Crippen LogP) is 4.30. The number of fused-ring (bicyclic) bond motifs is 1. The predicted molar refractivity (Wildman–Crippen MR) is 112 cm³/mol. The molecule has 0 amide bonds. The van der Waals surface area contributed by atoms with E-state index in [1.807, 2.05) is 55.5 Å². The van der Waals surface area contributed by atoms with Crippen LogP contribution in [0.5, 0.6) is 0 Å². The van der Waals surface area contributed by atoms with Crippen molar-refractivity contribution in [2.45, 2.75) is 11.8 Å². The summed E-state index contributed by atoms with van der Waals surface area (Å²) in [6, 6.07) is 23.0. The summed E-state index contributed by atoms with van der Waals surface area (Å²) in [5.41, 5.74) is 2.49. The van der Waals surface area contributed by atoms with Gasteiger partial charge in [0.2, 0.25) is 0 Å². The third-order valence-corrected chi connectivity index (χ3v) is 5.89. The number of anilines is 1. The van der Waals surface area contributed by atoms with E-state index in [2.05, 4.69) is 9.71 Å². The zero-order valence-electron chi connectivity index (χ0n) is 15.1. The van der Waals surface area contributed by atoms with Gasteiger partial charge in [-0.05, 0) is 36.2 Å². The molecule has 5 nitrogen and oxygen atoms in total. The van der Waals surface area contributed by atoms with Crippen molar-refractivity contribution in [3.05, 3.63) is 94.8 Å². The molecule has 3 aromatic carbocycles. The molecule has 0 spiro atoms. The SMILES string of the molecule is Cc1ccc2c(-c3ccccc3)c(NS(=O)(=O)c3ccccc3)c(=O)[nH]c2c1. The number of hydrogen-bond donors (Lipinski definition) is 2. The number of H-pyrrole nitrogens is 1. The van der Waals surface area contributed by atoms with Gasteiger partial charge in [-0.1, -0.05) is 60.7 Å². The molecule has 0 saturated heterocycles. The fraction of sp³-hybridized carbons (Fsp3) is 0.0455. The summed E-state index contributed by atoms with van der Waals surface area (Å²) in [5.74, 6) is 0. The van der Waals surface area contributed by atoms with E-state index in [1.54, 1.807) is 18.2 Å². The minimum absolute atomic E-state index is 0.00593. The van der Waals surface area contributed by atoms with E-state index < -0.39 is 15.6 Å². The molecule has 4 rings (SSSR count). The van der Waals surface area contributed by atoms with Gasteiger partial charge in [-0.3, -0.25) is 9.52 Å². The highest BCUT2D eigenvalue weighted by Crippen LogP contribution is 2.33. The van der Waals surface area contributed by atoms with Gasteiger partial charge < -0.3 is 4.98 Å². The number of nitrogens with one attached hydrogen (secondary N) is 2. The van der Waals surface area contributed by atoms with Crippen molar-refractivity contribution in [2.24, 2.45) is 0 Å². The van der Waals surface area contributed by atoms with E-state index in [4.69, 9.17) is 0 Å². The average Bonchev–Trinajstić information content (AvgIpc) is 2.70. The lowest BCUT2D eigenvalue weighted by Crippen LogP contribution is -2.21. The van der Waals surface area contributed by atoms with Crippen molar-refractivity contribution in [3.8, 4) is 11.1 Å². The maximum absolute atomic E-state index is 12.9. The summed E-state index contributed by atoms with van der Waals surface area (Å²) < 4.78 is 28.2. The largest absolute Gasteiger partial charge is 0.320 e. The van der Waals surface area contributed by atoms with Gasteiger partial charge in [0.1, 0.15) is 5.69 Å². The summed E-state index contributed by atoms with van der Waals surface area (Å²) in [4.78, 5) is 15.8. The van der Waals surface area contributed by atoms with Crippen molar-refractivity contribution in [3.63, 3.8) is 0 Å². The van der Waals surface area contributed by atoms with Gasteiger partial charge in [0.25, 0.3) is 15.6 Å². The van der Waals surface area contributed by atoms with Crippen LogP contribution in [0.3, 0.4) is 0 Å². The molecule has 0 fully saturated rings. The maximum Gasteiger partial charge on any atom is 0.273 e. The van der Waals surface area contributed by atoms with Crippen molar-refractivity contribution >= 4 is 26.6 Å². The van der Waals surface area contributed by atoms with Crippen molar-refractivity contribution in [1.82, 2.24) is 4.98 Å². The second kappa shape index (κ2) is 6.98. The second-order valence-electron chi connectivity index (χ2n) is 6.54. The highest BCUT2D eigenvalue weighted by Gasteiger charge is 2.21. The number of benzene rings is 3. The molecule has 0 aliphatic rings. The first kappa shape index (κ1) is 18.0. The van der Waals surface area contributed by atoms with Gasteiger partial charge in [-0.2, -0.15) is 0 Å². The van der Waals surface area contributed by atoms with Crippen LogP contribution >= 0.6 is 0 Å². The first-order chi connectivity index (χ1) is 13.5. The molecular weight excluding hydrogens is 372 g/mol. The smallest absolute Gasteiger partial charge is 0.273 e. The van der Waals surface area contributed by atoms with Crippen LogP contribution in [0.15, 0.2) is 88.6 Å². The molecule has 6 heteroatoms. The lowest BCUT2D eigenvalue weighted by molar-refractivity contribution is 0.601. The van der Waals surface area contributed by atoms with Gasteiger partial charge in [-0.25, -0.2) is 8.42 Å². The maximum atomic E-state index is 12.9. The highest BCUT2D eigenvalue weighted by atomic mass is 32.2. The molecule has 4 aromatic rings. The van der Waals surface area contributed by atoms with E-state index in [0.717, 1.165) is 16.5 Å². The van der Waals surface area contributed by atoms with Gasteiger partial charge in [0.05, 0.1) is 4.90 Å². The van der Waals surface area contributed by atoms with Crippen LogP contribution in [0.2, 0.25) is 0 Å². The number of aryl methyl sites for hydroxylation is 1. The van der Waals surface area contributed by atoms with Crippen LogP contribution in [-0.2, 0) is 10.0 Å². The van der Waals surface area contributed by atoms with Gasteiger partial charge in [-0.15, -0.1) is 0 Å². The molecule has 2 N–H and O–H groups in total. The third-order valence-electron chi connectivity index (χ3n) is 4.52. The van der Waals surface area contributed by atoms with Crippen LogP contribution in [0.4, 0.5) is 5.69 Å². The average molecular weight is 390 g/mol. The van der Waals surface area contributed by atoms with Crippen LogP contribution in [0, 0.1) is 6.92 Å². The Morgan fingerprint density at radius 2 is 1.50 bits per heavy atom. The summed E-state index contributed by atoms with van der Waals surface area (Å²) in [5, 5.41) is 0.766. The Hall–Kier alpha value is -3.38. The van der Waals surface area contributed by atoms with Crippen LogP contribution < -0.4 is 10.3 Å². The Morgan fingerprint density at radius 3 is 2.18 bits per heavy atom. The fourth-order valence-electron chi connectivity index (χ4n) is 3.21. The van der Waals surface area contributed by atoms with Gasteiger partial charge in [0.15, 0.2) is 0 Å². The topological polar surface area (TPSA) is 79.0 Å². The van der Waals surface area contributed by atoms with E-state index in [-0.39, 0.29) is 10.6 Å². The summed E-state index contributed by atoms with van der Waals surface area (Å²) >= 11 is 0. The van der Waals surface area contributed by atoms with Crippen LogP contribution in [-0.4, -0.2) is 13.4 Å². The Labute approximate surface area is 162 Å². The molecule has 0 aliphatic heterocycles. The summed E-state index contributed by atoms with van der Waals surface area (Å²) in [6.07, 6.45) is 0. The van der Waals surface area contributed by atoms with Gasteiger partial charge >= 0.3 is 0 Å². The number of aromatic nitrogens is 1. The molecule has 0 atom stereocenters. The molecule has 140 valence electrons. The van der Waals surface area contributed by atoms with Gasteiger partial charge in [0, 0.05) is 16.5 Å². The minimum atomic E-state index is -3.91. The zero-order valence-corrected chi connectivity index (χ0v) is 16.0. The number of aromatic amines is 1.